The van der Waals surface area contributed by atoms with E-state index in [-0.39, 0.29) is 21.9 Å². The third-order valence-corrected chi connectivity index (χ3v) is 5.60. The summed E-state index contributed by atoms with van der Waals surface area (Å²) < 4.78 is 33.9. The van der Waals surface area contributed by atoms with Crippen LogP contribution in [0, 0.1) is 10.1 Å². The normalized spacial score (nSPS) is 14.9. The van der Waals surface area contributed by atoms with Crippen molar-refractivity contribution >= 4 is 54.7 Å². The van der Waals surface area contributed by atoms with E-state index in [1.54, 1.807) is 30.3 Å². The van der Waals surface area contributed by atoms with E-state index >= 15 is 0 Å². The second-order valence-electron chi connectivity index (χ2n) is 6.60. The van der Waals surface area contributed by atoms with Crippen molar-refractivity contribution in [3.63, 3.8) is 0 Å². The SMILES string of the molecule is O=C1C=c2ccc([N+](=O)[O-])cc2=C(S(=O)(=O)O)C1=NNc1ccc2ccccc2c1O. The van der Waals surface area contributed by atoms with Crippen LogP contribution in [0.25, 0.3) is 21.8 Å². The highest BCUT2D eigenvalue weighted by Gasteiger charge is 2.30. The van der Waals surface area contributed by atoms with Gasteiger partial charge in [0.2, 0.25) is 5.78 Å². The second kappa shape index (κ2) is 7.31. The molecule has 0 atom stereocenters. The fraction of sp³-hybridized carbons (Fsp3) is 0. The summed E-state index contributed by atoms with van der Waals surface area (Å²) in [6.45, 7) is 0. The van der Waals surface area contributed by atoms with Gasteiger partial charge in [-0.05, 0) is 28.8 Å². The molecule has 0 radical (unpaired) electrons. The van der Waals surface area contributed by atoms with Crippen molar-refractivity contribution in [3.05, 3.63) is 75.1 Å². The summed E-state index contributed by atoms with van der Waals surface area (Å²) in [5.41, 5.74) is 1.42. The molecule has 0 aliphatic heterocycles. The largest absolute Gasteiger partial charge is 0.505 e. The number of phenolic OH excluding ortho intramolecular Hbond substituents is 1. The minimum absolute atomic E-state index is 0.0794. The van der Waals surface area contributed by atoms with Gasteiger partial charge in [-0.25, -0.2) is 0 Å². The molecular weight excluding hydrogens is 426 g/mol. The van der Waals surface area contributed by atoms with Crippen LogP contribution in [0.3, 0.4) is 0 Å². The van der Waals surface area contributed by atoms with E-state index in [4.69, 9.17) is 0 Å². The molecule has 0 bridgehead atoms. The molecule has 0 heterocycles. The number of nitro benzene ring substituents is 1. The van der Waals surface area contributed by atoms with Crippen LogP contribution in [0.4, 0.5) is 11.4 Å². The average Bonchev–Trinajstić information content (AvgIpc) is 2.72. The first-order chi connectivity index (χ1) is 14.7. The number of fused-ring (bicyclic) bond motifs is 2. The minimum atomic E-state index is -4.99. The topological polar surface area (TPSA) is 159 Å². The van der Waals surface area contributed by atoms with Crippen molar-refractivity contribution in [1.82, 2.24) is 0 Å². The molecule has 0 saturated carbocycles. The number of nitrogens with one attached hydrogen (secondary N) is 1. The van der Waals surface area contributed by atoms with Crippen molar-refractivity contribution in [1.29, 1.82) is 0 Å². The molecule has 156 valence electrons. The van der Waals surface area contributed by atoms with E-state index in [1.807, 2.05) is 0 Å². The second-order valence-corrected chi connectivity index (χ2v) is 7.95. The predicted octanol–water partition coefficient (Wildman–Crippen LogP) is 1.28. The number of nitro groups is 1. The van der Waals surface area contributed by atoms with Gasteiger partial charge in [0.15, 0.2) is 5.71 Å². The lowest BCUT2D eigenvalue weighted by molar-refractivity contribution is -0.385. The first-order valence-electron chi connectivity index (χ1n) is 8.74. The fourth-order valence-corrected chi connectivity index (χ4v) is 4.10. The van der Waals surface area contributed by atoms with Crippen LogP contribution in [0.2, 0.25) is 0 Å². The summed E-state index contributed by atoms with van der Waals surface area (Å²) in [7, 11) is -4.99. The molecule has 0 fully saturated rings. The summed E-state index contributed by atoms with van der Waals surface area (Å²) in [5.74, 6) is -1.03. The molecule has 1 aliphatic rings. The van der Waals surface area contributed by atoms with Crippen molar-refractivity contribution < 1.29 is 27.8 Å². The molecule has 0 unspecified atom stereocenters. The molecule has 3 aromatic rings. The Morgan fingerprint density at radius 1 is 1.06 bits per heavy atom. The van der Waals surface area contributed by atoms with Crippen LogP contribution < -0.4 is 15.9 Å². The van der Waals surface area contributed by atoms with E-state index in [0.717, 1.165) is 23.6 Å². The fourth-order valence-electron chi connectivity index (χ4n) is 3.26. The molecule has 0 saturated heterocycles. The zero-order valence-electron chi connectivity index (χ0n) is 15.5. The first kappa shape index (κ1) is 20.2. The van der Waals surface area contributed by atoms with Gasteiger partial charge in [-0.3, -0.25) is 24.9 Å². The number of carbonyl (C=O) groups is 1. The van der Waals surface area contributed by atoms with Crippen molar-refractivity contribution in [3.8, 4) is 5.75 Å². The predicted molar refractivity (Wildman–Crippen MR) is 113 cm³/mol. The monoisotopic (exact) mass is 439 g/mol. The number of anilines is 1. The smallest absolute Gasteiger partial charge is 0.297 e. The Morgan fingerprint density at radius 3 is 2.52 bits per heavy atom. The van der Waals surface area contributed by atoms with Crippen molar-refractivity contribution in [2.24, 2.45) is 5.10 Å². The van der Waals surface area contributed by atoms with E-state index in [9.17, 15) is 33.0 Å². The summed E-state index contributed by atoms with van der Waals surface area (Å²) in [4.78, 5) is 22.0. The number of ketones is 1. The van der Waals surface area contributed by atoms with E-state index < -0.39 is 37.1 Å². The van der Waals surface area contributed by atoms with Crippen LogP contribution in [-0.2, 0) is 14.9 Å². The molecule has 10 nitrogen and oxygen atoms in total. The van der Waals surface area contributed by atoms with Gasteiger partial charge in [0.1, 0.15) is 10.7 Å². The molecular formula is C20H13N3O7S. The lowest BCUT2D eigenvalue weighted by Crippen LogP contribution is -2.40. The van der Waals surface area contributed by atoms with E-state index in [1.165, 1.54) is 12.1 Å². The molecule has 31 heavy (non-hydrogen) atoms. The van der Waals surface area contributed by atoms with Gasteiger partial charge in [-0.1, -0.05) is 30.3 Å². The Labute approximate surface area is 174 Å². The zero-order valence-corrected chi connectivity index (χ0v) is 16.3. The lowest BCUT2D eigenvalue weighted by Gasteiger charge is -2.12. The van der Waals surface area contributed by atoms with Crippen molar-refractivity contribution in [2.75, 3.05) is 5.43 Å². The average molecular weight is 439 g/mol. The number of hydrogen-bond donors (Lipinski definition) is 3. The summed E-state index contributed by atoms with van der Waals surface area (Å²) in [5, 5.41) is 26.4. The first-order valence-corrected chi connectivity index (χ1v) is 10.2. The van der Waals surface area contributed by atoms with Gasteiger partial charge >= 0.3 is 0 Å². The molecule has 0 amide bonds. The number of hydrogen-bond acceptors (Lipinski definition) is 8. The number of Topliss-reactive ketones (excluding diaryl/α,β-unsaturated/α-hetero) is 1. The number of benzene rings is 3. The maximum absolute atomic E-state index is 12.5. The molecule has 3 aromatic carbocycles. The van der Waals surface area contributed by atoms with Gasteiger partial charge in [0, 0.05) is 22.7 Å². The van der Waals surface area contributed by atoms with E-state index in [0.29, 0.717) is 5.39 Å². The van der Waals surface area contributed by atoms with E-state index in [2.05, 4.69) is 10.5 Å². The highest BCUT2D eigenvalue weighted by Crippen LogP contribution is 2.32. The van der Waals surface area contributed by atoms with Crippen LogP contribution in [-0.4, -0.2) is 34.5 Å². The molecule has 0 spiro atoms. The lowest BCUT2D eigenvalue weighted by atomic mass is 10.0. The zero-order chi connectivity index (χ0) is 22.3. The number of nitrogens with zero attached hydrogens (tertiary/aromatic N) is 2. The molecule has 1 aliphatic carbocycles. The number of phenols is 1. The van der Waals surface area contributed by atoms with Gasteiger partial charge in [0.25, 0.3) is 15.8 Å². The highest BCUT2D eigenvalue weighted by atomic mass is 32.2. The Hall–Kier alpha value is -4.09. The Balaban J connectivity index is 1.91. The Kier molecular flexibility index (Phi) is 4.76. The third kappa shape index (κ3) is 3.63. The number of rotatable bonds is 4. The van der Waals surface area contributed by atoms with Crippen LogP contribution in [0.5, 0.6) is 5.75 Å². The summed E-state index contributed by atoms with van der Waals surface area (Å²) in [6, 6.07) is 13.3. The third-order valence-electron chi connectivity index (χ3n) is 4.67. The summed E-state index contributed by atoms with van der Waals surface area (Å²) in [6.07, 6.45) is 1.05. The van der Waals surface area contributed by atoms with Gasteiger partial charge in [0.05, 0.1) is 10.6 Å². The van der Waals surface area contributed by atoms with Gasteiger partial charge in [-0.2, -0.15) is 13.5 Å². The van der Waals surface area contributed by atoms with Crippen molar-refractivity contribution in [2.45, 2.75) is 0 Å². The Bertz CT molecular complexity index is 1540. The number of aromatic hydroxyl groups is 1. The molecule has 0 aromatic heterocycles. The van der Waals surface area contributed by atoms with Crippen LogP contribution in [0.15, 0.2) is 59.7 Å². The number of carbonyl (C=O) groups excluding carboxylic acids is 1. The minimum Gasteiger partial charge on any atom is -0.505 e. The molecule has 11 heteroatoms. The maximum atomic E-state index is 12.5. The standard InChI is InChI=1S/C20H13N3O7S/c24-17-9-12-5-7-13(23(26)27)10-15(12)20(31(28,29)30)18(17)22-21-16-8-6-11-3-1-2-4-14(11)19(16)25/h1-10,21,25H,(H,28,29,30). The van der Waals surface area contributed by atoms with Gasteiger partial charge in [-0.15, -0.1) is 0 Å². The van der Waals surface area contributed by atoms with Gasteiger partial charge < -0.3 is 5.11 Å². The summed E-state index contributed by atoms with van der Waals surface area (Å²) >= 11 is 0. The highest BCUT2D eigenvalue weighted by molar-refractivity contribution is 7.96. The number of non-ortho nitro benzene ring substituents is 1. The number of hydrazone groups is 1. The molecule has 4 rings (SSSR count). The molecule has 3 N–H and O–H groups in total. The van der Waals surface area contributed by atoms with Crippen LogP contribution in [0.1, 0.15) is 0 Å². The van der Waals surface area contributed by atoms with Crippen LogP contribution >= 0.6 is 0 Å². The Morgan fingerprint density at radius 2 is 1.81 bits per heavy atom. The quantitative estimate of drug-likeness (QED) is 0.237. The maximum Gasteiger partial charge on any atom is 0.297 e.